The molecule has 0 aliphatic rings. The summed E-state index contributed by atoms with van der Waals surface area (Å²) in [5, 5.41) is 0.172. The maximum Gasteiger partial charge on any atom is 0.0404 e. The van der Waals surface area contributed by atoms with Crippen LogP contribution in [0.2, 0.25) is 0 Å². The number of hydrogen-bond acceptors (Lipinski definition) is 0. The first-order valence-corrected chi connectivity index (χ1v) is 5.87. The SMILES string of the molecule is ClCC=CCC(Cl)CC=CCCCl. The average molecular weight is 242 g/mol. The molecule has 0 nitrogen and oxygen atoms in total. The molecule has 3 heteroatoms. The van der Waals surface area contributed by atoms with E-state index in [1.807, 2.05) is 12.2 Å². The van der Waals surface area contributed by atoms with Crippen LogP contribution in [0.25, 0.3) is 0 Å². The van der Waals surface area contributed by atoms with Gasteiger partial charge in [0.1, 0.15) is 0 Å². The standard InChI is InChI=1S/C10H15Cl3/c11-8-4-1-2-6-10(13)7-3-5-9-12/h1-3,5,10H,4,6-9H2. The highest BCUT2D eigenvalue weighted by molar-refractivity contribution is 6.20. The van der Waals surface area contributed by atoms with Gasteiger partial charge in [-0.05, 0) is 19.3 Å². The lowest BCUT2D eigenvalue weighted by Gasteiger charge is -2.00. The van der Waals surface area contributed by atoms with Crippen LogP contribution in [-0.2, 0) is 0 Å². The fraction of sp³-hybridized carbons (Fsp3) is 0.600. The molecule has 0 spiro atoms. The molecule has 0 radical (unpaired) electrons. The van der Waals surface area contributed by atoms with Gasteiger partial charge in [-0.3, -0.25) is 0 Å². The van der Waals surface area contributed by atoms with Gasteiger partial charge in [0.25, 0.3) is 0 Å². The van der Waals surface area contributed by atoms with Gasteiger partial charge in [-0.2, -0.15) is 0 Å². The van der Waals surface area contributed by atoms with Crippen molar-refractivity contribution in [1.82, 2.24) is 0 Å². The van der Waals surface area contributed by atoms with E-state index in [2.05, 4.69) is 12.2 Å². The molecule has 0 heterocycles. The van der Waals surface area contributed by atoms with Crippen molar-refractivity contribution in [2.75, 3.05) is 11.8 Å². The molecule has 13 heavy (non-hydrogen) atoms. The highest BCUT2D eigenvalue weighted by Crippen LogP contribution is 2.09. The Labute approximate surface area is 95.6 Å². The Balaban J connectivity index is 3.39. The van der Waals surface area contributed by atoms with E-state index in [1.54, 1.807) is 0 Å². The molecule has 0 aromatic carbocycles. The summed E-state index contributed by atoms with van der Waals surface area (Å²) in [5.41, 5.74) is 0. The average Bonchev–Trinajstić information content (AvgIpc) is 2.13. The lowest BCUT2D eigenvalue weighted by molar-refractivity contribution is 0.874. The lowest BCUT2D eigenvalue weighted by atomic mass is 10.2. The monoisotopic (exact) mass is 240 g/mol. The second-order valence-corrected chi connectivity index (χ2v) is 3.95. The molecule has 0 aliphatic heterocycles. The smallest absolute Gasteiger partial charge is 0.0404 e. The van der Waals surface area contributed by atoms with Crippen LogP contribution in [0, 0.1) is 0 Å². The summed E-state index contributed by atoms with van der Waals surface area (Å²) in [7, 11) is 0. The Morgan fingerprint density at radius 1 is 0.923 bits per heavy atom. The second kappa shape index (κ2) is 10.4. The largest absolute Gasteiger partial charge is 0.126 e. The molecule has 0 aromatic rings. The number of hydrogen-bond donors (Lipinski definition) is 0. The zero-order chi connectivity index (χ0) is 9.94. The molecule has 0 fully saturated rings. The highest BCUT2D eigenvalue weighted by Gasteiger charge is 1.97. The summed E-state index contributed by atoms with van der Waals surface area (Å²) >= 11 is 17.0. The maximum absolute atomic E-state index is 6.02. The van der Waals surface area contributed by atoms with Crippen LogP contribution in [0.5, 0.6) is 0 Å². The normalized spacial score (nSPS) is 14.4. The first-order chi connectivity index (χ1) is 6.31. The minimum Gasteiger partial charge on any atom is -0.126 e. The molecule has 0 saturated heterocycles. The number of allylic oxidation sites excluding steroid dienone is 4. The van der Waals surface area contributed by atoms with E-state index in [0.29, 0.717) is 11.8 Å². The molecule has 0 aromatic heterocycles. The van der Waals surface area contributed by atoms with Crippen molar-refractivity contribution in [2.24, 2.45) is 0 Å². The van der Waals surface area contributed by atoms with E-state index in [9.17, 15) is 0 Å². The van der Waals surface area contributed by atoms with Crippen LogP contribution in [0.1, 0.15) is 19.3 Å². The van der Waals surface area contributed by atoms with E-state index in [-0.39, 0.29) is 5.38 Å². The predicted octanol–water partition coefficient (Wildman–Crippen LogP) is 4.35. The van der Waals surface area contributed by atoms with Crippen molar-refractivity contribution >= 4 is 34.8 Å². The first kappa shape index (κ1) is 13.4. The quantitative estimate of drug-likeness (QED) is 0.459. The van der Waals surface area contributed by atoms with Gasteiger partial charge in [-0.15, -0.1) is 34.8 Å². The number of rotatable bonds is 7. The zero-order valence-electron chi connectivity index (χ0n) is 7.56. The summed E-state index contributed by atoms with van der Waals surface area (Å²) in [5.74, 6) is 1.24. The van der Waals surface area contributed by atoms with Crippen molar-refractivity contribution in [3.05, 3.63) is 24.3 Å². The molecular weight excluding hydrogens is 226 g/mol. The summed E-state index contributed by atoms with van der Waals surface area (Å²) < 4.78 is 0. The molecule has 1 unspecified atom stereocenters. The molecule has 0 aliphatic carbocycles. The predicted molar refractivity (Wildman–Crippen MR) is 63.2 cm³/mol. The Hall–Kier alpha value is 0.350. The maximum atomic E-state index is 6.02. The van der Waals surface area contributed by atoms with Crippen LogP contribution >= 0.6 is 34.8 Å². The van der Waals surface area contributed by atoms with Crippen LogP contribution < -0.4 is 0 Å². The third kappa shape index (κ3) is 10.3. The van der Waals surface area contributed by atoms with Gasteiger partial charge in [0.15, 0.2) is 0 Å². The molecular formula is C10H15Cl3. The van der Waals surface area contributed by atoms with E-state index < -0.39 is 0 Å². The molecule has 76 valence electrons. The van der Waals surface area contributed by atoms with Gasteiger partial charge in [0.2, 0.25) is 0 Å². The fourth-order valence-corrected chi connectivity index (χ4v) is 1.29. The number of alkyl halides is 3. The topological polar surface area (TPSA) is 0 Å². The summed E-state index contributed by atoms with van der Waals surface area (Å²) in [4.78, 5) is 0. The van der Waals surface area contributed by atoms with Gasteiger partial charge in [0, 0.05) is 17.1 Å². The summed E-state index contributed by atoms with van der Waals surface area (Å²) in [6.07, 6.45) is 10.8. The van der Waals surface area contributed by atoms with Crippen molar-refractivity contribution in [2.45, 2.75) is 24.6 Å². The minimum atomic E-state index is 0.172. The van der Waals surface area contributed by atoms with Gasteiger partial charge in [-0.25, -0.2) is 0 Å². The highest BCUT2D eigenvalue weighted by atomic mass is 35.5. The number of halogens is 3. The minimum absolute atomic E-state index is 0.172. The molecule has 0 saturated carbocycles. The van der Waals surface area contributed by atoms with Gasteiger partial charge in [-0.1, -0.05) is 24.3 Å². The summed E-state index contributed by atoms with van der Waals surface area (Å²) in [6, 6.07) is 0. The van der Waals surface area contributed by atoms with Gasteiger partial charge in [0.05, 0.1) is 0 Å². The van der Waals surface area contributed by atoms with Crippen molar-refractivity contribution in [3.8, 4) is 0 Å². The van der Waals surface area contributed by atoms with Crippen LogP contribution in [0.3, 0.4) is 0 Å². The molecule has 0 bridgehead atoms. The second-order valence-electron chi connectivity index (χ2n) is 2.64. The zero-order valence-corrected chi connectivity index (χ0v) is 9.82. The van der Waals surface area contributed by atoms with E-state index in [0.717, 1.165) is 19.3 Å². The lowest BCUT2D eigenvalue weighted by Crippen LogP contribution is -1.93. The van der Waals surface area contributed by atoms with Gasteiger partial charge >= 0.3 is 0 Å². The van der Waals surface area contributed by atoms with Gasteiger partial charge < -0.3 is 0 Å². The molecule has 0 amide bonds. The molecule has 1 atom stereocenters. The van der Waals surface area contributed by atoms with E-state index in [4.69, 9.17) is 34.8 Å². The van der Waals surface area contributed by atoms with Crippen molar-refractivity contribution in [1.29, 1.82) is 0 Å². The third-order valence-electron chi connectivity index (χ3n) is 1.48. The fourth-order valence-electron chi connectivity index (χ4n) is 0.828. The van der Waals surface area contributed by atoms with E-state index in [1.165, 1.54) is 0 Å². The van der Waals surface area contributed by atoms with E-state index >= 15 is 0 Å². The van der Waals surface area contributed by atoms with Crippen LogP contribution in [0.15, 0.2) is 24.3 Å². The molecule has 0 rings (SSSR count). The van der Waals surface area contributed by atoms with Crippen molar-refractivity contribution in [3.63, 3.8) is 0 Å². The molecule has 0 N–H and O–H groups in total. The van der Waals surface area contributed by atoms with Crippen molar-refractivity contribution < 1.29 is 0 Å². The Kier molecular flexibility index (Phi) is 10.7. The third-order valence-corrected chi connectivity index (χ3v) is 2.23. The van der Waals surface area contributed by atoms with Crippen LogP contribution in [0.4, 0.5) is 0 Å². The Bertz CT molecular complexity index is 152. The Morgan fingerprint density at radius 3 is 2.08 bits per heavy atom. The van der Waals surface area contributed by atoms with Crippen LogP contribution in [-0.4, -0.2) is 17.1 Å². The Morgan fingerprint density at radius 2 is 1.54 bits per heavy atom. The first-order valence-electron chi connectivity index (χ1n) is 4.37. The summed E-state index contributed by atoms with van der Waals surface area (Å²) in [6.45, 7) is 0.